The Morgan fingerprint density at radius 3 is 2.37 bits per heavy atom. The SMILES string of the molecule is Cc1cc(C)cc(N(C)C(=O)CCOCC(F)F)c1. The van der Waals surface area contributed by atoms with Crippen molar-refractivity contribution in [1.29, 1.82) is 0 Å². The number of benzene rings is 1. The lowest BCUT2D eigenvalue weighted by Gasteiger charge is -2.18. The lowest BCUT2D eigenvalue weighted by Crippen LogP contribution is -2.27. The summed E-state index contributed by atoms with van der Waals surface area (Å²) in [6.07, 6.45) is -2.40. The molecule has 0 aliphatic rings. The van der Waals surface area contributed by atoms with Gasteiger partial charge in [-0.2, -0.15) is 0 Å². The fraction of sp³-hybridized carbons (Fsp3) is 0.500. The Bertz CT molecular complexity index is 415. The Morgan fingerprint density at radius 1 is 1.26 bits per heavy atom. The first-order valence-corrected chi connectivity index (χ1v) is 6.11. The number of aryl methyl sites for hydroxylation is 2. The summed E-state index contributed by atoms with van der Waals surface area (Å²) in [4.78, 5) is 13.4. The van der Waals surface area contributed by atoms with Gasteiger partial charge >= 0.3 is 0 Å². The van der Waals surface area contributed by atoms with E-state index in [9.17, 15) is 13.6 Å². The van der Waals surface area contributed by atoms with Crippen LogP contribution in [0.3, 0.4) is 0 Å². The number of hydrogen-bond acceptors (Lipinski definition) is 2. The third-order valence-electron chi connectivity index (χ3n) is 2.67. The second kappa shape index (κ2) is 7.19. The van der Waals surface area contributed by atoms with Crippen molar-refractivity contribution >= 4 is 11.6 Å². The molecular formula is C14H19F2NO2. The van der Waals surface area contributed by atoms with Gasteiger partial charge in [-0.15, -0.1) is 0 Å². The molecule has 1 rings (SSSR count). The number of carbonyl (C=O) groups is 1. The molecule has 0 atom stereocenters. The highest BCUT2D eigenvalue weighted by Crippen LogP contribution is 2.18. The van der Waals surface area contributed by atoms with Gasteiger partial charge in [0.25, 0.3) is 6.43 Å². The molecule has 0 radical (unpaired) electrons. The second-order valence-electron chi connectivity index (χ2n) is 4.51. The summed E-state index contributed by atoms with van der Waals surface area (Å²) < 4.78 is 28.4. The van der Waals surface area contributed by atoms with Gasteiger partial charge in [-0.25, -0.2) is 8.78 Å². The summed E-state index contributed by atoms with van der Waals surface area (Å²) >= 11 is 0. The number of amides is 1. The molecule has 1 amide bonds. The van der Waals surface area contributed by atoms with Crippen molar-refractivity contribution in [3.05, 3.63) is 29.3 Å². The number of rotatable bonds is 6. The highest BCUT2D eigenvalue weighted by Gasteiger charge is 2.12. The summed E-state index contributed by atoms with van der Waals surface area (Å²) in [5, 5.41) is 0. The molecule has 5 heteroatoms. The molecule has 0 N–H and O–H groups in total. The van der Waals surface area contributed by atoms with Crippen LogP contribution in [0.15, 0.2) is 18.2 Å². The zero-order chi connectivity index (χ0) is 14.4. The summed E-state index contributed by atoms with van der Waals surface area (Å²) in [7, 11) is 1.67. The standard InChI is InChI=1S/C14H19F2NO2/c1-10-6-11(2)8-12(7-10)17(3)14(18)4-5-19-9-13(15)16/h6-8,13H,4-5,9H2,1-3H3. The van der Waals surface area contributed by atoms with Crippen LogP contribution in [-0.2, 0) is 9.53 Å². The van der Waals surface area contributed by atoms with Gasteiger partial charge in [0, 0.05) is 12.7 Å². The first-order valence-electron chi connectivity index (χ1n) is 6.11. The van der Waals surface area contributed by atoms with Crippen molar-refractivity contribution < 1.29 is 18.3 Å². The molecule has 0 fully saturated rings. The van der Waals surface area contributed by atoms with Crippen molar-refractivity contribution in [2.24, 2.45) is 0 Å². The predicted octanol–water partition coefficient (Wildman–Crippen LogP) is 2.94. The Morgan fingerprint density at radius 2 is 1.84 bits per heavy atom. The average molecular weight is 271 g/mol. The molecule has 106 valence electrons. The van der Waals surface area contributed by atoms with Crippen LogP contribution in [0.25, 0.3) is 0 Å². The Hall–Kier alpha value is -1.49. The van der Waals surface area contributed by atoms with Crippen molar-refractivity contribution in [2.45, 2.75) is 26.7 Å². The molecular weight excluding hydrogens is 252 g/mol. The number of alkyl halides is 2. The maximum atomic E-state index is 11.9. The highest BCUT2D eigenvalue weighted by atomic mass is 19.3. The fourth-order valence-corrected chi connectivity index (χ4v) is 1.79. The van der Waals surface area contributed by atoms with Gasteiger partial charge in [-0.1, -0.05) is 6.07 Å². The van der Waals surface area contributed by atoms with Gasteiger partial charge in [0.05, 0.1) is 13.0 Å². The predicted molar refractivity (Wildman–Crippen MR) is 70.8 cm³/mol. The molecule has 0 heterocycles. The number of carbonyl (C=O) groups excluding carboxylic acids is 1. The van der Waals surface area contributed by atoms with Gasteiger partial charge in [0.15, 0.2) is 0 Å². The van der Waals surface area contributed by atoms with Crippen LogP contribution in [0.4, 0.5) is 14.5 Å². The van der Waals surface area contributed by atoms with E-state index in [0.717, 1.165) is 16.8 Å². The van der Waals surface area contributed by atoms with E-state index in [-0.39, 0.29) is 18.9 Å². The molecule has 0 saturated heterocycles. The van der Waals surface area contributed by atoms with Crippen LogP contribution in [0.2, 0.25) is 0 Å². The molecule has 3 nitrogen and oxygen atoms in total. The quantitative estimate of drug-likeness (QED) is 0.744. The third-order valence-corrected chi connectivity index (χ3v) is 2.67. The number of halogens is 2. The van der Waals surface area contributed by atoms with Crippen molar-refractivity contribution in [3.63, 3.8) is 0 Å². The van der Waals surface area contributed by atoms with Crippen LogP contribution in [0.1, 0.15) is 17.5 Å². The van der Waals surface area contributed by atoms with Crippen molar-refractivity contribution in [3.8, 4) is 0 Å². The van der Waals surface area contributed by atoms with Crippen LogP contribution >= 0.6 is 0 Å². The maximum Gasteiger partial charge on any atom is 0.261 e. The highest BCUT2D eigenvalue weighted by molar-refractivity contribution is 5.93. The monoisotopic (exact) mass is 271 g/mol. The fourth-order valence-electron chi connectivity index (χ4n) is 1.79. The minimum Gasteiger partial charge on any atom is -0.375 e. The minimum atomic E-state index is -2.49. The topological polar surface area (TPSA) is 29.5 Å². The van der Waals surface area contributed by atoms with E-state index >= 15 is 0 Å². The van der Waals surface area contributed by atoms with E-state index < -0.39 is 13.0 Å². The van der Waals surface area contributed by atoms with Crippen LogP contribution in [-0.4, -0.2) is 32.6 Å². The van der Waals surface area contributed by atoms with Gasteiger partial charge in [0.1, 0.15) is 6.61 Å². The Kier molecular flexibility index (Phi) is 5.89. The number of ether oxygens (including phenoxy) is 1. The molecule has 0 aliphatic carbocycles. The van der Waals surface area contributed by atoms with E-state index in [0.29, 0.717) is 0 Å². The molecule has 1 aromatic carbocycles. The normalized spacial score (nSPS) is 10.8. The van der Waals surface area contributed by atoms with Gasteiger partial charge in [-0.05, 0) is 37.1 Å². The lowest BCUT2D eigenvalue weighted by molar-refractivity contribution is -0.119. The molecule has 1 aromatic rings. The van der Waals surface area contributed by atoms with Gasteiger partial charge in [0.2, 0.25) is 5.91 Å². The third kappa shape index (κ3) is 5.34. The first-order chi connectivity index (χ1) is 8.90. The molecule has 19 heavy (non-hydrogen) atoms. The number of nitrogens with zero attached hydrogens (tertiary/aromatic N) is 1. The largest absolute Gasteiger partial charge is 0.375 e. The Labute approximate surface area is 112 Å². The summed E-state index contributed by atoms with van der Waals surface area (Å²) in [6.45, 7) is 3.31. The van der Waals surface area contributed by atoms with Crippen LogP contribution in [0.5, 0.6) is 0 Å². The summed E-state index contributed by atoms with van der Waals surface area (Å²) in [5.41, 5.74) is 2.95. The zero-order valence-electron chi connectivity index (χ0n) is 11.5. The lowest BCUT2D eigenvalue weighted by atomic mass is 10.1. The van der Waals surface area contributed by atoms with Crippen LogP contribution < -0.4 is 4.90 Å². The number of anilines is 1. The van der Waals surface area contributed by atoms with E-state index in [1.165, 1.54) is 4.90 Å². The second-order valence-corrected chi connectivity index (χ2v) is 4.51. The molecule has 0 spiro atoms. The van der Waals surface area contributed by atoms with E-state index in [2.05, 4.69) is 0 Å². The molecule has 0 aliphatic heterocycles. The van der Waals surface area contributed by atoms with E-state index in [4.69, 9.17) is 4.74 Å². The van der Waals surface area contributed by atoms with E-state index in [1.54, 1.807) is 7.05 Å². The van der Waals surface area contributed by atoms with Crippen molar-refractivity contribution in [2.75, 3.05) is 25.2 Å². The van der Waals surface area contributed by atoms with Crippen molar-refractivity contribution in [1.82, 2.24) is 0 Å². The van der Waals surface area contributed by atoms with Gasteiger partial charge in [-0.3, -0.25) is 4.79 Å². The van der Waals surface area contributed by atoms with Gasteiger partial charge < -0.3 is 9.64 Å². The van der Waals surface area contributed by atoms with Crippen LogP contribution in [0, 0.1) is 13.8 Å². The average Bonchev–Trinajstić information content (AvgIpc) is 2.32. The maximum absolute atomic E-state index is 11.9. The smallest absolute Gasteiger partial charge is 0.261 e. The molecule has 0 aromatic heterocycles. The summed E-state index contributed by atoms with van der Waals surface area (Å²) in [6, 6.07) is 5.84. The minimum absolute atomic E-state index is 0.0122. The summed E-state index contributed by atoms with van der Waals surface area (Å²) in [5.74, 6) is -0.153. The van der Waals surface area contributed by atoms with E-state index in [1.807, 2.05) is 32.0 Å². The zero-order valence-corrected chi connectivity index (χ0v) is 11.5. The molecule has 0 bridgehead atoms. The number of hydrogen-bond donors (Lipinski definition) is 0. The first kappa shape index (κ1) is 15.6. The molecule has 0 saturated carbocycles. The molecule has 0 unspecified atom stereocenters. The Balaban J connectivity index is 2.52.